The molecule has 1 aliphatic rings. The molecule has 5 heteroatoms. The predicted octanol–water partition coefficient (Wildman–Crippen LogP) is 1.46. The number of likely N-dealkylation sites (tertiary alicyclic amines) is 1. The Morgan fingerprint density at radius 1 is 1.42 bits per heavy atom. The molecule has 2 atom stereocenters. The van der Waals surface area contributed by atoms with Crippen LogP contribution in [-0.4, -0.2) is 40.5 Å². The van der Waals surface area contributed by atoms with Crippen molar-refractivity contribution in [2.75, 3.05) is 13.1 Å². The number of hydrogen-bond donors (Lipinski definition) is 2. The van der Waals surface area contributed by atoms with E-state index in [9.17, 15) is 14.7 Å². The van der Waals surface area contributed by atoms with Crippen molar-refractivity contribution < 1.29 is 14.7 Å². The second kappa shape index (κ2) is 6.37. The highest BCUT2D eigenvalue weighted by Gasteiger charge is 2.50. The summed E-state index contributed by atoms with van der Waals surface area (Å²) in [6.45, 7) is 6.67. The lowest BCUT2D eigenvalue weighted by Crippen LogP contribution is -2.55. The lowest BCUT2D eigenvalue weighted by Gasteiger charge is -2.37. The molecule has 0 bridgehead atoms. The van der Waals surface area contributed by atoms with Gasteiger partial charge in [0.05, 0.1) is 5.92 Å². The van der Waals surface area contributed by atoms with Gasteiger partial charge in [-0.15, -0.1) is 0 Å². The van der Waals surface area contributed by atoms with Gasteiger partial charge in [-0.3, -0.25) is 4.79 Å². The summed E-state index contributed by atoms with van der Waals surface area (Å²) in [6.07, 6.45) is 2.58. The Morgan fingerprint density at radius 3 is 2.47 bits per heavy atom. The largest absolute Gasteiger partial charge is 0.479 e. The van der Waals surface area contributed by atoms with Crippen molar-refractivity contribution >= 4 is 11.9 Å². The molecule has 0 aromatic rings. The van der Waals surface area contributed by atoms with Gasteiger partial charge in [-0.1, -0.05) is 27.2 Å². The quantitative estimate of drug-likeness (QED) is 0.765. The maximum Gasteiger partial charge on any atom is 0.329 e. The highest BCUT2D eigenvalue weighted by Crippen LogP contribution is 2.35. The number of carboxylic acids is 1. The number of amides is 1. The number of nitrogens with two attached hydrogens (primary N) is 1. The first-order valence-corrected chi connectivity index (χ1v) is 7.15. The van der Waals surface area contributed by atoms with Gasteiger partial charge in [0, 0.05) is 13.1 Å². The molecule has 5 nitrogen and oxygen atoms in total. The first-order chi connectivity index (χ1) is 8.90. The van der Waals surface area contributed by atoms with Crippen LogP contribution in [0.15, 0.2) is 0 Å². The summed E-state index contributed by atoms with van der Waals surface area (Å²) >= 11 is 0. The van der Waals surface area contributed by atoms with E-state index >= 15 is 0 Å². The predicted molar refractivity (Wildman–Crippen MR) is 73.6 cm³/mol. The van der Waals surface area contributed by atoms with Crippen LogP contribution in [-0.2, 0) is 9.59 Å². The van der Waals surface area contributed by atoms with E-state index in [2.05, 4.69) is 0 Å². The standard InChI is InChI=1S/C14H26N2O3/c1-4-6-14(13(18)19)7-5-8-16(14)12(17)11(9-15)10(2)3/h10-11H,4-9,15H2,1-3H3,(H,18,19). The number of aliphatic carboxylic acids is 1. The van der Waals surface area contributed by atoms with E-state index in [1.165, 1.54) is 0 Å². The Hall–Kier alpha value is -1.10. The monoisotopic (exact) mass is 270 g/mol. The van der Waals surface area contributed by atoms with Gasteiger partial charge in [0.2, 0.25) is 5.91 Å². The zero-order chi connectivity index (χ0) is 14.6. The van der Waals surface area contributed by atoms with E-state index in [0.717, 1.165) is 12.8 Å². The van der Waals surface area contributed by atoms with E-state index < -0.39 is 11.5 Å². The van der Waals surface area contributed by atoms with Gasteiger partial charge < -0.3 is 15.7 Å². The fourth-order valence-electron chi connectivity index (χ4n) is 3.06. The molecule has 0 radical (unpaired) electrons. The number of carbonyl (C=O) groups excluding carboxylic acids is 1. The van der Waals surface area contributed by atoms with Crippen molar-refractivity contribution in [1.29, 1.82) is 0 Å². The van der Waals surface area contributed by atoms with Crippen LogP contribution in [0.3, 0.4) is 0 Å². The summed E-state index contributed by atoms with van der Waals surface area (Å²) in [4.78, 5) is 25.9. The topological polar surface area (TPSA) is 83.6 Å². The Balaban J connectivity index is 3.02. The van der Waals surface area contributed by atoms with Crippen LogP contribution in [0.2, 0.25) is 0 Å². The van der Waals surface area contributed by atoms with Crippen LogP contribution < -0.4 is 5.73 Å². The minimum atomic E-state index is -1.01. The smallest absolute Gasteiger partial charge is 0.329 e. The van der Waals surface area contributed by atoms with Crippen LogP contribution in [0.1, 0.15) is 46.5 Å². The van der Waals surface area contributed by atoms with Crippen molar-refractivity contribution in [1.82, 2.24) is 4.90 Å². The summed E-state index contributed by atoms with van der Waals surface area (Å²) in [5, 5.41) is 9.58. The van der Waals surface area contributed by atoms with Crippen LogP contribution in [0.5, 0.6) is 0 Å². The van der Waals surface area contributed by atoms with Gasteiger partial charge in [0.25, 0.3) is 0 Å². The number of carboxylic acid groups (broad SMARTS) is 1. The molecular formula is C14H26N2O3. The molecule has 1 fully saturated rings. The second-order valence-corrected chi connectivity index (χ2v) is 5.77. The fourth-order valence-corrected chi connectivity index (χ4v) is 3.06. The maximum absolute atomic E-state index is 12.6. The molecule has 1 heterocycles. The summed E-state index contributed by atoms with van der Waals surface area (Å²) in [7, 11) is 0. The number of nitrogens with zero attached hydrogens (tertiary/aromatic N) is 1. The molecule has 0 saturated carbocycles. The lowest BCUT2D eigenvalue weighted by molar-refractivity contribution is -0.159. The molecule has 0 aromatic carbocycles. The van der Waals surface area contributed by atoms with Gasteiger partial charge in [-0.2, -0.15) is 0 Å². The molecule has 2 unspecified atom stereocenters. The minimum Gasteiger partial charge on any atom is -0.479 e. The Bertz CT molecular complexity index is 344. The van der Waals surface area contributed by atoms with Crippen LogP contribution in [0.4, 0.5) is 0 Å². The first kappa shape index (κ1) is 16.0. The third kappa shape index (κ3) is 2.91. The first-order valence-electron chi connectivity index (χ1n) is 7.15. The number of hydrogen-bond acceptors (Lipinski definition) is 3. The van der Waals surface area contributed by atoms with E-state index in [0.29, 0.717) is 19.4 Å². The third-order valence-corrected chi connectivity index (χ3v) is 4.19. The fraction of sp³-hybridized carbons (Fsp3) is 0.857. The molecular weight excluding hydrogens is 244 g/mol. The SMILES string of the molecule is CCCC1(C(=O)O)CCCN1C(=O)C(CN)C(C)C. The van der Waals surface area contributed by atoms with Crippen molar-refractivity contribution in [3.63, 3.8) is 0 Å². The number of carbonyl (C=O) groups is 2. The third-order valence-electron chi connectivity index (χ3n) is 4.19. The number of rotatable bonds is 6. The van der Waals surface area contributed by atoms with Gasteiger partial charge in [0.15, 0.2) is 0 Å². The van der Waals surface area contributed by atoms with E-state index in [4.69, 9.17) is 5.73 Å². The zero-order valence-corrected chi connectivity index (χ0v) is 12.2. The summed E-state index contributed by atoms with van der Waals surface area (Å²) in [5.74, 6) is -1.12. The molecule has 110 valence electrons. The van der Waals surface area contributed by atoms with E-state index in [1.807, 2.05) is 20.8 Å². The highest BCUT2D eigenvalue weighted by molar-refractivity contribution is 5.89. The van der Waals surface area contributed by atoms with Gasteiger partial charge in [-0.05, 0) is 25.2 Å². The Labute approximate surface area is 115 Å². The normalized spacial score (nSPS) is 24.8. The lowest BCUT2D eigenvalue weighted by atomic mass is 9.88. The summed E-state index contributed by atoms with van der Waals surface area (Å²) in [5.41, 5.74) is 4.68. The van der Waals surface area contributed by atoms with Crippen LogP contribution in [0.25, 0.3) is 0 Å². The maximum atomic E-state index is 12.6. The molecule has 1 aliphatic heterocycles. The van der Waals surface area contributed by atoms with Gasteiger partial charge in [0.1, 0.15) is 5.54 Å². The molecule has 1 saturated heterocycles. The average molecular weight is 270 g/mol. The van der Waals surface area contributed by atoms with E-state index in [1.54, 1.807) is 4.90 Å². The summed E-state index contributed by atoms with van der Waals surface area (Å²) in [6, 6.07) is 0. The molecule has 0 spiro atoms. The Kier molecular flexibility index (Phi) is 5.35. The average Bonchev–Trinajstić information content (AvgIpc) is 2.74. The van der Waals surface area contributed by atoms with Crippen molar-refractivity contribution in [3.05, 3.63) is 0 Å². The van der Waals surface area contributed by atoms with Crippen LogP contribution >= 0.6 is 0 Å². The van der Waals surface area contributed by atoms with Crippen molar-refractivity contribution in [2.45, 2.75) is 52.0 Å². The zero-order valence-electron chi connectivity index (χ0n) is 12.2. The van der Waals surface area contributed by atoms with E-state index in [-0.39, 0.29) is 24.3 Å². The van der Waals surface area contributed by atoms with Gasteiger partial charge >= 0.3 is 5.97 Å². The van der Waals surface area contributed by atoms with Gasteiger partial charge in [-0.25, -0.2) is 4.79 Å². The minimum absolute atomic E-state index is 0.0918. The summed E-state index contributed by atoms with van der Waals surface area (Å²) < 4.78 is 0. The molecule has 1 amide bonds. The highest BCUT2D eigenvalue weighted by atomic mass is 16.4. The van der Waals surface area contributed by atoms with Crippen LogP contribution in [0, 0.1) is 11.8 Å². The molecule has 19 heavy (non-hydrogen) atoms. The molecule has 1 rings (SSSR count). The molecule has 3 N–H and O–H groups in total. The Morgan fingerprint density at radius 2 is 2.05 bits per heavy atom. The molecule has 0 aromatic heterocycles. The molecule has 0 aliphatic carbocycles. The second-order valence-electron chi connectivity index (χ2n) is 5.77. The van der Waals surface area contributed by atoms with Crippen molar-refractivity contribution in [3.8, 4) is 0 Å². The van der Waals surface area contributed by atoms with Crippen molar-refractivity contribution in [2.24, 2.45) is 17.6 Å².